The molecule has 1 aromatic rings. The Hall–Kier alpha value is -1.24. The standard InChI is InChI=1S/C10H13N/c1-3-4-7-10(2)11-8-5-6-9-11/h3-9H,1-2H3. The summed E-state index contributed by atoms with van der Waals surface area (Å²) in [4.78, 5) is 0. The van der Waals surface area contributed by atoms with Gasteiger partial charge >= 0.3 is 0 Å². The lowest BCUT2D eigenvalue weighted by Crippen LogP contribution is -1.86. The molecule has 1 nitrogen and oxygen atoms in total. The summed E-state index contributed by atoms with van der Waals surface area (Å²) in [6.45, 7) is 4.10. The van der Waals surface area contributed by atoms with E-state index in [-0.39, 0.29) is 0 Å². The first-order valence-corrected chi connectivity index (χ1v) is 3.77. The molecule has 0 aliphatic heterocycles. The smallest absolute Gasteiger partial charge is 0.0189 e. The van der Waals surface area contributed by atoms with Crippen LogP contribution < -0.4 is 0 Å². The Kier molecular flexibility index (Phi) is 2.73. The first kappa shape index (κ1) is 7.86. The second kappa shape index (κ2) is 3.81. The van der Waals surface area contributed by atoms with Gasteiger partial charge in [0.15, 0.2) is 0 Å². The maximum atomic E-state index is 2.08. The second-order valence-electron chi connectivity index (χ2n) is 2.42. The SMILES string of the molecule is CC=CC=C(C)n1cccc1. The van der Waals surface area contributed by atoms with Crippen molar-refractivity contribution in [2.24, 2.45) is 0 Å². The minimum absolute atomic E-state index is 1.23. The molecule has 0 aliphatic carbocycles. The van der Waals surface area contributed by atoms with E-state index in [1.54, 1.807) is 0 Å². The van der Waals surface area contributed by atoms with Gasteiger partial charge in [0.1, 0.15) is 0 Å². The van der Waals surface area contributed by atoms with E-state index in [1.165, 1.54) is 5.70 Å². The van der Waals surface area contributed by atoms with Crippen molar-refractivity contribution in [2.45, 2.75) is 13.8 Å². The summed E-state index contributed by atoms with van der Waals surface area (Å²) in [5.41, 5.74) is 1.23. The van der Waals surface area contributed by atoms with Crippen molar-refractivity contribution >= 4 is 5.70 Å². The molecule has 0 atom stereocenters. The maximum Gasteiger partial charge on any atom is 0.0189 e. The largest absolute Gasteiger partial charge is 0.328 e. The Morgan fingerprint density at radius 2 is 1.91 bits per heavy atom. The van der Waals surface area contributed by atoms with Crippen molar-refractivity contribution in [3.8, 4) is 0 Å². The Morgan fingerprint density at radius 3 is 2.45 bits per heavy atom. The van der Waals surface area contributed by atoms with Gasteiger partial charge in [0, 0.05) is 18.1 Å². The molecule has 0 fully saturated rings. The van der Waals surface area contributed by atoms with Gasteiger partial charge in [-0.05, 0) is 32.1 Å². The first-order chi connectivity index (χ1) is 5.34. The van der Waals surface area contributed by atoms with E-state index in [4.69, 9.17) is 0 Å². The molecule has 0 unspecified atom stereocenters. The van der Waals surface area contributed by atoms with E-state index in [1.807, 2.05) is 43.6 Å². The van der Waals surface area contributed by atoms with Crippen LogP contribution in [-0.4, -0.2) is 4.57 Å². The third-order valence-corrected chi connectivity index (χ3v) is 1.54. The minimum atomic E-state index is 1.23. The molecule has 0 saturated carbocycles. The average molecular weight is 147 g/mol. The Bertz CT molecular complexity index is 252. The fourth-order valence-electron chi connectivity index (χ4n) is 0.891. The van der Waals surface area contributed by atoms with Gasteiger partial charge in [-0.1, -0.05) is 12.2 Å². The summed E-state index contributed by atoms with van der Waals surface area (Å²) in [5, 5.41) is 0. The topological polar surface area (TPSA) is 4.93 Å². The van der Waals surface area contributed by atoms with Crippen LogP contribution >= 0.6 is 0 Å². The van der Waals surface area contributed by atoms with Crippen molar-refractivity contribution in [2.75, 3.05) is 0 Å². The van der Waals surface area contributed by atoms with E-state index in [2.05, 4.69) is 17.6 Å². The van der Waals surface area contributed by atoms with Crippen LogP contribution in [0.15, 0.2) is 42.8 Å². The summed E-state index contributed by atoms with van der Waals surface area (Å²) < 4.78 is 2.08. The summed E-state index contributed by atoms with van der Waals surface area (Å²) in [6.07, 6.45) is 10.2. The molecule has 1 heteroatoms. The molecule has 0 spiro atoms. The molecule has 11 heavy (non-hydrogen) atoms. The summed E-state index contributed by atoms with van der Waals surface area (Å²) in [7, 11) is 0. The minimum Gasteiger partial charge on any atom is -0.328 e. The third-order valence-electron chi connectivity index (χ3n) is 1.54. The van der Waals surface area contributed by atoms with Gasteiger partial charge in [-0.3, -0.25) is 0 Å². The van der Waals surface area contributed by atoms with Gasteiger partial charge < -0.3 is 4.57 Å². The third kappa shape index (κ3) is 2.11. The van der Waals surface area contributed by atoms with Gasteiger partial charge in [-0.25, -0.2) is 0 Å². The molecule has 0 saturated heterocycles. The highest BCUT2D eigenvalue weighted by molar-refractivity contribution is 5.45. The lowest BCUT2D eigenvalue weighted by molar-refractivity contribution is 1.10. The zero-order chi connectivity index (χ0) is 8.10. The summed E-state index contributed by atoms with van der Waals surface area (Å²) in [5.74, 6) is 0. The maximum absolute atomic E-state index is 2.08. The second-order valence-corrected chi connectivity index (χ2v) is 2.42. The molecule has 0 aliphatic rings. The van der Waals surface area contributed by atoms with Crippen LogP contribution in [0.4, 0.5) is 0 Å². The van der Waals surface area contributed by atoms with Crippen LogP contribution in [0.3, 0.4) is 0 Å². The van der Waals surface area contributed by atoms with Gasteiger partial charge in [0.05, 0.1) is 0 Å². The van der Waals surface area contributed by atoms with Crippen LogP contribution in [0.5, 0.6) is 0 Å². The molecular formula is C10H13N. The monoisotopic (exact) mass is 147 g/mol. The Balaban J connectivity index is 2.77. The predicted octanol–water partition coefficient (Wildman–Crippen LogP) is 2.93. The van der Waals surface area contributed by atoms with Crippen LogP contribution in [-0.2, 0) is 0 Å². The number of aromatic nitrogens is 1. The lowest BCUT2D eigenvalue weighted by Gasteiger charge is -1.99. The van der Waals surface area contributed by atoms with Crippen LogP contribution in [0.1, 0.15) is 13.8 Å². The molecule has 0 N–H and O–H groups in total. The molecule has 0 radical (unpaired) electrons. The summed E-state index contributed by atoms with van der Waals surface area (Å²) >= 11 is 0. The van der Waals surface area contributed by atoms with Gasteiger partial charge in [0.25, 0.3) is 0 Å². The van der Waals surface area contributed by atoms with E-state index >= 15 is 0 Å². The van der Waals surface area contributed by atoms with Crippen molar-refractivity contribution in [3.63, 3.8) is 0 Å². The summed E-state index contributed by atoms with van der Waals surface area (Å²) in [6, 6.07) is 4.04. The highest BCUT2D eigenvalue weighted by Crippen LogP contribution is 2.02. The first-order valence-electron chi connectivity index (χ1n) is 3.77. The van der Waals surface area contributed by atoms with Crippen molar-refractivity contribution in [3.05, 3.63) is 42.8 Å². The van der Waals surface area contributed by atoms with Crippen LogP contribution in [0, 0.1) is 0 Å². The highest BCUT2D eigenvalue weighted by atomic mass is 14.9. The quantitative estimate of drug-likeness (QED) is 0.567. The van der Waals surface area contributed by atoms with Gasteiger partial charge in [0.2, 0.25) is 0 Å². The van der Waals surface area contributed by atoms with Gasteiger partial charge in [-0.15, -0.1) is 0 Å². The van der Waals surface area contributed by atoms with Crippen molar-refractivity contribution < 1.29 is 0 Å². The molecule has 1 heterocycles. The predicted molar refractivity (Wildman–Crippen MR) is 49.2 cm³/mol. The van der Waals surface area contributed by atoms with Crippen molar-refractivity contribution in [1.29, 1.82) is 0 Å². The molecule has 1 rings (SSSR count). The van der Waals surface area contributed by atoms with Crippen molar-refractivity contribution in [1.82, 2.24) is 4.57 Å². The number of hydrogen-bond donors (Lipinski definition) is 0. The number of rotatable bonds is 2. The van der Waals surface area contributed by atoms with Crippen LogP contribution in [0.2, 0.25) is 0 Å². The average Bonchev–Trinajstić information content (AvgIpc) is 2.52. The molecule has 0 bridgehead atoms. The van der Waals surface area contributed by atoms with Crippen LogP contribution in [0.25, 0.3) is 5.70 Å². The Labute approximate surface area is 67.7 Å². The number of hydrogen-bond acceptors (Lipinski definition) is 0. The molecule has 0 amide bonds. The number of allylic oxidation sites excluding steroid dienone is 4. The fraction of sp³-hybridized carbons (Fsp3) is 0.200. The van der Waals surface area contributed by atoms with E-state index < -0.39 is 0 Å². The molecule has 0 aromatic carbocycles. The van der Waals surface area contributed by atoms with E-state index in [0.717, 1.165) is 0 Å². The molecule has 1 aromatic heterocycles. The number of nitrogens with zero attached hydrogens (tertiary/aromatic N) is 1. The van der Waals surface area contributed by atoms with Gasteiger partial charge in [-0.2, -0.15) is 0 Å². The normalized spacial score (nSPS) is 12.7. The lowest BCUT2D eigenvalue weighted by atomic mass is 10.4. The fourth-order valence-corrected chi connectivity index (χ4v) is 0.891. The Morgan fingerprint density at radius 1 is 1.27 bits per heavy atom. The molecule has 58 valence electrons. The zero-order valence-corrected chi connectivity index (χ0v) is 6.99. The molecular weight excluding hydrogens is 134 g/mol. The highest BCUT2D eigenvalue weighted by Gasteiger charge is 1.86. The van der Waals surface area contributed by atoms with E-state index in [0.29, 0.717) is 0 Å². The van der Waals surface area contributed by atoms with E-state index in [9.17, 15) is 0 Å². The zero-order valence-electron chi connectivity index (χ0n) is 6.99.